The molecular weight excluding hydrogens is 555 g/mol. The van der Waals surface area contributed by atoms with Gasteiger partial charge in [0, 0.05) is 25.3 Å². The summed E-state index contributed by atoms with van der Waals surface area (Å²) >= 11 is 13.1. The smallest absolute Gasteiger partial charge is 0.181 e. The summed E-state index contributed by atoms with van der Waals surface area (Å²) < 4.78 is 53.7. The normalized spacial score (nSPS) is 14.9. The summed E-state index contributed by atoms with van der Waals surface area (Å²) in [5.74, 6) is -0.736. The van der Waals surface area contributed by atoms with Crippen molar-refractivity contribution in [3.8, 4) is 11.1 Å². The van der Waals surface area contributed by atoms with Gasteiger partial charge < -0.3 is 4.74 Å². The van der Waals surface area contributed by atoms with E-state index < -0.39 is 25.6 Å². The number of carbonyl (C=O) groups excluding carboxylic acids is 1. The molecule has 0 spiro atoms. The van der Waals surface area contributed by atoms with E-state index in [0.717, 1.165) is 6.26 Å². The maximum Gasteiger partial charge on any atom is 0.181 e. The molecule has 37 heavy (non-hydrogen) atoms. The Balaban J connectivity index is 1.55. The van der Waals surface area contributed by atoms with Crippen LogP contribution in [0.15, 0.2) is 70.5 Å². The van der Waals surface area contributed by atoms with Crippen LogP contribution >= 0.6 is 23.2 Å². The number of rotatable bonds is 10. The van der Waals surface area contributed by atoms with Gasteiger partial charge in [-0.15, -0.1) is 0 Å². The van der Waals surface area contributed by atoms with Crippen molar-refractivity contribution in [1.29, 1.82) is 0 Å². The molecule has 0 heterocycles. The Morgan fingerprint density at radius 1 is 0.919 bits per heavy atom. The SMILES string of the molecule is COC[C@H](C(=O)Cc1cc(Cl)c(-c2ccc(S(=O)(=O)C3CC3)cc2)c(Cl)c1)c1ccc(S(C)(=O)=O)cc1. The summed E-state index contributed by atoms with van der Waals surface area (Å²) in [5, 5.41) is 0.393. The second kappa shape index (κ2) is 10.9. The quantitative estimate of drug-likeness (QED) is 0.312. The highest BCUT2D eigenvalue weighted by molar-refractivity contribution is 7.92. The molecule has 0 aromatic heterocycles. The maximum atomic E-state index is 13.2. The number of sulfone groups is 2. The molecule has 0 N–H and O–H groups in total. The van der Waals surface area contributed by atoms with Crippen molar-refractivity contribution in [3.63, 3.8) is 0 Å². The molecule has 0 saturated heterocycles. The van der Waals surface area contributed by atoms with Gasteiger partial charge in [0.15, 0.2) is 19.7 Å². The van der Waals surface area contributed by atoms with Gasteiger partial charge in [-0.25, -0.2) is 16.8 Å². The van der Waals surface area contributed by atoms with E-state index in [1.807, 2.05) is 0 Å². The third-order valence-electron chi connectivity index (χ3n) is 6.35. The van der Waals surface area contributed by atoms with E-state index in [4.69, 9.17) is 27.9 Å². The van der Waals surface area contributed by atoms with Crippen molar-refractivity contribution in [1.82, 2.24) is 0 Å². The zero-order valence-electron chi connectivity index (χ0n) is 20.3. The van der Waals surface area contributed by atoms with Gasteiger partial charge in [-0.3, -0.25) is 4.79 Å². The highest BCUT2D eigenvalue weighted by atomic mass is 35.5. The first-order chi connectivity index (χ1) is 17.4. The number of ketones is 1. The van der Waals surface area contributed by atoms with Gasteiger partial charge in [0.05, 0.1) is 37.6 Å². The lowest BCUT2D eigenvalue weighted by atomic mass is 9.91. The summed E-state index contributed by atoms with van der Waals surface area (Å²) in [6.45, 7) is 0.132. The molecule has 1 aliphatic rings. The molecule has 1 aliphatic carbocycles. The molecule has 3 aromatic carbocycles. The van der Waals surface area contributed by atoms with Crippen LogP contribution < -0.4 is 0 Å². The van der Waals surface area contributed by atoms with Crippen molar-refractivity contribution in [2.45, 2.75) is 40.2 Å². The van der Waals surface area contributed by atoms with Crippen LogP contribution in [-0.2, 0) is 35.6 Å². The van der Waals surface area contributed by atoms with Crippen molar-refractivity contribution in [2.24, 2.45) is 0 Å². The van der Waals surface area contributed by atoms with E-state index in [1.165, 1.54) is 19.2 Å². The highest BCUT2D eigenvalue weighted by Crippen LogP contribution is 2.38. The van der Waals surface area contributed by atoms with Crippen LogP contribution in [0, 0.1) is 0 Å². The lowest BCUT2D eigenvalue weighted by molar-refractivity contribution is -0.121. The molecule has 0 radical (unpaired) electrons. The first kappa shape index (κ1) is 27.8. The maximum absolute atomic E-state index is 13.2. The van der Waals surface area contributed by atoms with Crippen LogP contribution in [-0.4, -0.2) is 47.8 Å². The fourth-order valence-corrected chi connectivity index (χ4v) is 7.24. The van der Waals surface area contributed by atoms with E-state index in [2.05, 4.69) is 0 Å². The molecule has 1 fully saturated rings. The van der Waals surface area contributed by atoms with Gasteiger partial charge in [-0.1, -0.05) is 47.5 Å². The van der Waals surface area contributed by atoms with Crippen LogP contribution in [0.5, 0.6) is 0 Å². The third kappa shape index (κ3) is 6.26. The van der Waals surface area contributed by atoms with Crippen molar-refractivity contribution < 1.29 is 26.4 Å². The molecule has 0 unspecified atom stereocenters. The van der Waals surface area contributed by atoms with Gasteiger partial charge >= 0.3 is 0 Å². The van der Waals surface area contributed by atoms with Crippen LogP contribution in [0.4, 0.5) is 0 Å². The number of methoxy groups -OCH3 is 1. The van der Waals surface area contributed by atoms with Crippen LogP contribution in [0.2, 0.25) is 10.0 Å². The van der Waals surface area contributed by atoms with Gasteiger partial charge in [-0.05, 0) is 65.9 Å². The van der Waals surface area contributed by atoms with E-state index in [9.17, 15) is 21.6 Å². The predicted octanol–water partition coefficient (Wildman–Crippen LogP) is 5.54. The third-order valence-corrected chi connectivity index (χ3v) is 10.4. The highest BCUT2D eigenvalue weighted by Gasteiger charge is 2.36. The molecule has 6 nitrogen and oxygen atoms in total. The van der Waals surface area contributed by atoms with Crippen LogP contribution in [0.25, 0.3) is 11.1 Å². The Labute approximate surface area is 227 Å². The number of Topliss-reactive ketones (excluding diaryl/α,β-unsaturated/α-hetero) is 1. The average molecular weight is 582 g/mol. The minimum Gasteiger partial charge on any atom is -0.384 e. The van der Waals surface area contributed by atoms with Crippen molar-refractivity contribution in [2.75, 3.05) is 20.0 Å². The number of ether oxygens (including phenoxy) is 1. The average Bonchev–Trinajstić information content (AvgIpc) is 3.68. The van der Waals surface area contributed by atoms with E-state index >= 15 is 0 Å². The Hall–Kier alpha value is -2.23. The summed E-state index contributed by atoms with van der Waals surface area (Å²) in [6, 6.07) is 16.0. The molecular formula is C27H26Cl2O6S2. The van der Waals surface area contributed by atoms with E-state index in [0.29, 0.717) is 45.1 Å². The fourth-order valence-electron chi connectivity index (χ4n) is 4.20. The monoisotopic (exact) mass is 580 g/mol. The number of hydrogen-bond acceptors (Lipinski definition) is 6. The topological polar surface area (TPSA) is 94.6 Å². The Morgan fingerprint density at radius 2 is 1.46 bits per heavy atom. The molecule has 1 atom stereocenters. The Bertz CT molecular complexity index is 1500. The summed E-state index contributed by atoms with van der Waals surface area (Å²) in [4.78, 5) is 13.7. The Kier molecular flexibility index (Phi) is 8.16. The van der Waals surface area contributed by atoms with Gasteiger partial charge in [0.1, 0.15) is 5.78 Å². The lowest BCUT2D eigenvalue weighted by Crippen LogP contribution is -2.20. The number of benzene rings is 3. The minimum absolute atomic E-state index is 0.0418. The van der Waals surface area contributed by atoms with Gasteiger partial charge in [0.2, 0.25) is 0 Å². The largest absolute Gasteiger partial charge is 0.384 e. The predicted molar refractivity (Wildman–Crippen MR) is 145 cm³/mol. The molecule has 0 bridgehead atoms. The van der Waals surface area contributed by atoms with Crippen LogP contribution in [0.3, 0.4) is 0 Å². The first-order valence-corrected chi connectivity index (χ1v) is 15.7. The first-order valence-electron chi connectivity index (χ1n) is 11.6. The second-order valence-electron chi connectivity index (χ2n) is 9.20. The standard InChI is InChI=1S/C27H26Cl2O6S2/c1-35-16-23(18-3-7-20(8-4-18)36(2,31)32)26(30)15-17-13-24(28)27(25(29)14-17)19-5-9-21(10-6-19)37(33,34)22-11-12-22/h3-10,13-14,22-23H,11-12,15-16H2,1-2H3/t23-/m0/s1. The summed E-state index contributed by atoms with van der Waals surface area (Å²) in [5.41, 5.74) is 2.49. The van der Waals surface area contributed by atoms with Crippen LogP contribution in [0.1, 0.15) is 29.9 Å². The molecule has 0 amide bonds. The Morgan fingerprint density at radius 3 is 1.95 bits per heavy atom. The summed E-state index contributed by atoms with van der Waals surface area (Å²) in [6.07, 6.45) is 2.56. The van der Waals surface area contributed by atoms with Crippen molar-refractivity contribution in [3.05, 3.63) is 81.8 Å². The van der Waals surface area contributed by atoms with Gasteiger partial charge in [-0.2, -0.15) is 0 Å². The number of halogens is 2. The zero-order chi connectivity index (χ0) is 27.0. The molecule has 196 valence electrons. The molecule has 1 saturated carbocycles. The number of carbonyl (C=O) groups is 1. The van der Waals surface area contributed by atoms with Crippen molar-refractivity contribution >= 4 is 48.7 Å². The molecule has 3 aromatic rings. The number of hydrogen-bond donors (Lipinski definition) is 0. The minimum atomic E-state index is -3.35. The van der Waals surface area contributed by atoms with Gasteiger partial charge in [0.25, 0.3) is 0 Å². The van der Waals surface area contributed by atoms with E-state index in [-0.39, 0.29) is 33.9 Å². The second-order valence-corrected chi connectivity index (χ2v) is 14.3. The molecule has 10 heteroatoms. The summed E-state index contributed by atoms with van der Waals surface area (Å²) in [7, 11) is -5.15. The molecule has 4 rings (SSSR count). The fraction of sp³-hybridized carbons (Fsp3) is 0.296. The zero-order valence-corrected chi connectivity index (χ0v) is 23.4. The molecule has 0 aliphatic heterocycles. The lowest BCUT2D eigenvalue weighted by Gasteiger charge is -2.17. The van der Waals surface area contributed by atoms with E-state index in [1.54, 1.807) is 48.5 Å².